The average Bonchev–Trinajstić information content (AvgIpc) is 3.46. The Labute approximate surface area is 279 Å². The van der Waals surface area contributed by atoms with Crippen molar-refractivity contribution in [1.29, 1.82) is 0 Å². The molecule has 2 unspecified atom stereocenters. The summed E-state index contributed by atoms with van der Waals surface area (Å²) < 4.78 is 11.4. The van der Waals surface area contributed by atoms with Crippen molar-refractivity contribution in [3.05, 3.63) is 81.5 Å². The van der Waals surface area contributed by atoms with Gasteiger partial charge in [-0.2, -0.15) is 0 Å². The Morgan fingerprint density at radius 2 is 1.80 bits per heavy atom. The predicted octanol–water partition coefficient (Wildman–Crippen LogP) is 5.95. The van der Waals surface area contributed by atoms with Gasteiger partial charge in [0.15, 0.2) is 0 Å². The topological polar surface area (TPSA) is 118 Å². The molecule has 0 spiro atoms. The number of aromatic nitrogens is 2. The summed E-state index contributed by atoms with van der Waals surface area (Å²) >= 11 is 14.1. The first kappa shape index (κ1) is 33.6. The zero-order chi connectivity index (χ0) is 32.8. The van der Waals surface area contributed by atoms with E-state index < -0.39 is 6.10 Å². The van der Waals surface area contributed by atoms with E-state index in [4.69, 9.17) is 37.7 Å². The second kappa shape index (κ2) is 15.2. The van der Waals surface area contributed by atoms with Crippen LogP contribution in [0.4, 0.5) is 0 Å². The first-order valence-corrected chi connectivity index (χ1v) is 16.0. The third-order valence-corrected chi connectivity index (χ3v) is 8.83. The molecule has 0 aliphatic carbocycles. The highest BCUT2D eigenvalue weighted by Gasteiger charge is 2.21. The molecule has 2 aromatic heterocycles. The zero-order valence-electron chi connectivity index (χ0n) is 26.4. The van der Waals surface area contributed by atoms with Gasteiger partial charge in [-0.1, -0.05) is 47.5 Å². The van der Waals surface area contributed by atoms with Crippen molar-refractivity contribution in [2.75, 3.05) is 27.3 Å². The Hall–Kier alpha value is -3.73. The van der Waals surface area contributed by atoms with Crippen LogP contribution in [0.3, 0.4) is 0 Å². The minimum Gasteiger partial charge on any atom is -0.496 e. The number of halogens is 2. The van der Waals surface area contributed by atoms with Crippen molar-refractivity contribution >= 4 is 29.1 Å². The highest BCUT2D eigenvalue weighted by atomic mass is 35.5. The number of ether oxygens (including phenoxy) is 2. The molecule has 46 heavy (non-hydrogen) atoms. The number of carbonyl (C=O) groups is 1. The van der Waals surface area contributed by atoms with Gasteiger partial charge >= 0.3 is 0 Å². The first-order chi connectivity index (χ1) is 22.2. The molecule has 11 heteroatoms. The molecule has 4 N–H and O–H groups in total. The van der Waals surface area contributed by atoms with Crippen molar-refractivity contribution in [2.24, 2.45) is 0 Å². The number of nitrogens with one attached hydrogen (secondary N) is 3. The van der Waals surface area contributed by atoms with Gasteiger partial charge in [0.2, 0.25) is 11.8 Å². The quantitative estimate of drug-likeness (QED) is 0.139. The van der Waals surface area contributed by atoms with Gasteiger partial charge in [0.1, 0.15) is 5.75 Å². The van der Waals surface area contributed by atoms with Crippen LogP contribution in [0.15, 0.2) is 54.7 Å². The Morgan fingerprint density at radius 3 is 2.52 bits per heavy atom. The number of benzene rings is 2. The van der Waals surface area contributed by atoms with Gasteiger partial charge in [0.25, 0.3) is 0 Å². The molecule has 0 radical (unpaired) electrons. The zero-order valence-corrected chi connectivity index (χ0v) is 27.9. The highest BCUT2D eigenvalue weighted by molar-refractivity contribution is 6.39. The van der Waals surface area contributed by atoms with Gasteiger partial charge in [0, 0.05) is 78.2 Å². The average molecular weight is 665 g/mol. The molecule has 242 valence electrons. The van der Waals surface area contributed by atoms with E-state index in [-0.39, 0.29) is 11.9 Å². The number of carbonyl (C=O) groups excluding carboxylic acids is 1. The first-order valence-electron chi connectivity index (χ1n) is 15.2. The van der Waals surface area contributed by atoms with Crippen LogP contribution in [0.25, 0.3) is 33.6 Å². The lowest BCUT2D eigenvalue weighted by molar-refractivity contribution is -0.119. The molecule has 1 saturated heterocycles. The van der Waals surface area contributed by atoms with Crippen LogP contribution in [0.5, 0.6) is 11.6 Å². The largest absolute Gasteiger partial charge is 0.496 e. The summed E-state index contributed by atoms with van der Waals surface area (Å²) in [6.45, 7) is 6.02. The molecule has 0 bridgehead atoms. The van der Waals surface area contributed by atoms with E-state index in [1.54, 1.807) is 27.3 Å². The molecule has 3 heterocycles. The van der Waals surface area contributed by atoms with E-state index in [0.29, 0.717) is 65.7 Å². The van der Waals surface area contributed by atoms with Crippen molar-refractivity contribution in [3.63, 3.8) is 0 Å². The highest BCUT2D eigenvalue weighted by Crippen LogP contribution is 2.42. The molecule has 2 aromatic carbocycles. The maximum atomic E-state index is 11.5. The van der Waals surface area contributed by atoms with Crippen molar-refractivity contribution in [1.82, 2.24) is 25.9 Å². The maximum Gasteiger partial charge on any atom is 0.220 e. The second-order valence-corrected chi connectivity index (χ2v) is 12.2. The SMILES string of the molecule is COc1cc(-c2nccc(-c3cccc(-c4ccc(CNCC5CCC(=O)N5)c(OC)n4)c3Cl)c2Cl)cc(C)c1CNCC(C)O. The normalized spacial score (nSPS) is 15.1. The maximum absolute atomic E-state index is 11.5. The van der Waals surface area contributed by atoms with E-state index in [2.05, 4.69) is 20.9 Å². The summed E-state index contributed by atoms with van der Waals surface area (Å²) in [4.78, 5) is 20.9. The van der Waals surface area contributed by atoms with Crippen molar-refractivity contribution in [2.45, 2.75) is 51.9 Å². The van der Waals surface area contributed by atoms with Gasteiger partial charge in [-0.05, 0) is 50.1 Å². The fourth-order valence-electron chi connectivity index (χ4n) is 5.67. The Morgan fingerprint density at radius 1 is 1.02 bits per heavy atom. The lowest BCUT2D eigenvalue weighted by Gasteiger charge is -2.17. The fourth-order valence-corrected chi connectivity index (χ4v) is 6.32. The van der Waals surface area contributed by atoms with Crippen LogP contribution in [-0.4, -0.2) is 60.4 Å². The standard InChI is InChI=1S/C35H39Cl2N5O4/c1-20-14-23(15-30(45-3)28(20)19-38-16-21(2)43)34-33(37)26(12-13-40-34)25-6-5-7-27(32(25)36)29-10-8-22(35(42-29)46-4)17-39-18-24-9-11-31(44)41-24/h5-8,10,12-15,21,24,38-39,43H,9,11,16-19H2,1-4H3,(H,41,44). The number of methoxy groups -OCH3 is 2. The molecular formula is C35H39Cl2N5O4. The Bertz CT molecular complexity index is 1720. The van der Waals surface area contributed by atoms with Gasteiger partial charge in [0.05, 0.1) is 41.8 Å². The molecule has 1 aliphatic rings. The molecule has 5 rings (SSSR count). The van der Waals surface area contributed by atoms with E-state index in [9.17, 15) is 9.90 Å². The molecule has 0 saturated carbocycles. The number of aliphatic hydroxyl groups excluding tert-OH is 1. The second-order valence-electron chi connectivity index (χ2n) is 11.4. The van der Waals surface area contributed by atoms with E-state index >= 15 is 0 Å². The van der Waals surface area contributed by atoms with Crippen LogP contribution in [0.1, 0.15) is 36.5 Å². The van der Waals surface area contributed by atoms with Crippen molar-refractivity contribution < 1.29 is 19.4 Å². The fraction of sp³-hybridized carbons (Fsp3) is 0.343. The molecule has 1 aliphatic heterocycles. The van der Waals surface area contributed by atoms with Crippen LogP contribution in [0, 0.1) is 6.92 Å². The lowest BCUT2D eigenvalue weighted by Crippen LogP contribution is -2.35. The monoisotopic (exact) mass is 663 g/mol. The summed E-state index contributed by atoms with van der Waals surface area (Å²) in [6, 6.07) is 15.6. The lowest BCUT2D eigenvalue weighted by atomic mass is 9.97. The molecule has 1 amide bonds. The van der Waals surface area contributed by atoms with Crippen LogP contribution in [0.2, 0.25) is 10.0 Å². The van der Waals surface area contributed by atoms with E-state index in [0.717, 1.165) is 45.4 Å². The number of hydrogen-bond donors (Lipinski definition) is 4. The van der Waals surface area contributed by atoms with E-state index in [1.165, 1.54) is 0 Å². The number of rotatable bonds is 13. The van der Waals surface area contributed by atoms with Gasteiger partial charge < -0.3 is 30.5 Å². The number of aliphatic hydroxyl groups is 1. The molecule has 2 atom stereocenters. The number of nitrogens with zero attached hydrogens (tertiary/aromatic N) is 2. The Balaban J connectivity index is 1.41. The number of hydrogen-bond acceptors (Lipinski definition) is 8. The minimum atomic E-state index is -0.444. The summed E-state index contributed by atoms with van der Waals surface area (Å²) in [5, 5.41) is 20.2. The van der Waals surface area contributed by atoms with Crippen LogP contribution < -0.4 is 25.4 Å². The number of amides is 1. The van der Waals surface area contributed by atoms with Gasteiger partial charge in [-0.25, -0.2) is 4.98 Å². The molecule has 1 fully saturated rings. The predicted molar refractivity (Wildman–Crippen MR) is 182 cm³/mol. The van der Waals surface area contributed by atoms with Gasteiger partial charge in [-0.3, -0.25) is 9.78 Å². The number of aryl methyl sites for hydroxylation is 1. The summed E-state index contributed by atoms with van der Waals surface area (Å²) in [6.07, 6.45) is 2.68. The smallest absolute Gasteiger partial charge is 0.220 e. The van der Waals surface area contributed by atoms with Crippen LogP contribution in [-0.2, 0) is 17.9 Å². The van der Waals surface area contributed by atoms with Crippen LogP contribution >= 0.6 is 23.2 Å². The third-order valence-electron chi connectivity index (χ3n) is 8.04. The Kier molecular flexibility index (Phi) is 11.1. The van der Waals surface area contributed by atoms with Gasteiger partial charge in [-0.15, -0.1) is 0 Å². The van der Waals surface area contributed by atoms with E-state index in [1.807, 2.05) is 55.5 Å². The summed E-state index contributed by atoms with van der Waals surface area (Å²) in [5.41, 5.74) is 7.25. The molecule has 9 nitrogen and oxygen atoms in total. The number of pyridine rings is 2. The summed E-state index contributed by atoms with van der Waals surface area (Å²) in [7, 11) is 3.23. The molecule has 4 aromatic rings. The summed E-state index contributed by atoms with van der Waals surface area (Å²) in [5.74, 6) is 1.31. The molecular weight excluding hydrogens is 625 g/mol. The van der Waals surface area contributed by atoms with Crippen molar-refractivity contribution in [3.8, 4) is 45.3 Å². The minimum absolute atomic E-state index is 0.0986. The third kappa shape index (κ3) is 7.62.